The highest BCUT2D eigenvalue weighted by Crippen LogP contribution is 2.24. The lowest BCUT2D eigenvalue weighted by Crippen LogP contribution is -2.50. The van der Waals surface area contributed by atoms with Crippen LogP contribution in [0.15, 0.2) is 36.1 Å². The van der Waals surface area contributed by atoms with E-state index >= 15 is 0 Å². The SMILES string of the molecule is O=C(COc1cccnc1)N1CCC(N2CCC(Oc3nccs3)CC2)CC1. The molecule has 7 nitrogen and oxygen atoms in total. The third-order valence-electron chi connectivity index (χ3n) is 5.48. The number of thiazole rings is 1. The van der Waals surface area contributed by atoms with Crippen molar-refractivity contribution in [2.45, 2.75) is 37.8 Å². The number of rotatable bonds is 6. The van der Waals surface area contributed by atoms with Gasteiger partial charge in [0.2, 0.25) is 0 Å². The maximum atomic E-state index is 12.4. The second-order valence-electron chi connectivity index (χ2n) is 7.24. The molecule has 8 heteroatoms. The molecule has 2 aromatic rings. The van der Waals surface area contributed by atoms with E-state index in [1.54, 1.807) is 36.0 Å². The molecule has 0 aliphatic carbocycles. The van der Waals surface area contributed by atoms with Gasteiger partial charge in [-0.25, -0.2) is 4.98 Å². The Hall–Kier alpha value is -2.19. The maximum absolute atomic E-state index is 12.4. The van der Waals surface area contributed by atoms with Crippen LogP contribution in [0.4, 0.5) is 0 Å². The molecular weight excluding hydrogens is 376 g/mol. The lowest BCUT2D eigenvalue weighted by Gasteiger charge is -2.41. The van der Waals surface area contributed by atoms with Crippen LogP contribution in [-0.4, -0.2) is 70.6 Å². The Labute approximate surface area is 169 Å². The van der Waals surface area contributed by atoms with Crippen LogP contribution >= 0.6 is 11.3 Å². The fraction of sp³-hybridized carbons (Fsp3) is 0.550. The van der Waals surface area contributed by atoms with Crippen molar-refractivity contribution in [2.75, 3.05) is 32.8 Å². The quantitative estimate of drug-likeness (QED) is 0.739. The Morgan fingerprint density at radius 1 is 1.14 bits per heavy atom. The predicted molar refractivity (Wildman–Crippen MR) is 107 cm³/mol. The number of carbonyl (C=O) groups is 1. The first kappa shape index (κ1) is 19.1. The average molecular weight is 403 g/mol. The summed E-state index contributed by atoms with van der Waals surface area (Å²) < 4.78 is 11.5. The summed E-state index contributed by atoms with van der Waals surface area (Å²) >= 11 is 1.55. The highest BCUT2D eigenvalue weighted by molar-refractivity contribution is 7.11. The third-order valence-corrected chi connectivity index (χ3v) is 6.15. The number of hydrogen-bond acceptors (Lipinski definition) is 7. The normalized spacial score (nSPS) is 19.5. The summed E-state index contributed by atoms with van der Waals surface area (Å²) in [5.41, 5.74) is 0. The second kappa shape index (κ2) is 9.34. The van der Waals surface area contributed by atoms with E-state index in [9.17, 15) is 4.79 Å². The van der Waals surface area contributed by atoms with Gasteiger partial charge >= 0.3 is 0 Å². The Balaban J connectivity index is 1.17. The molecule has 0 bridgehead atoms. The zero-order valence-electron chi connectivity index (χ0n) is 15.9. The summed E-state index contributed by atoms with van der Waals surface area (Å²) in [6.45, 7) is 3.79. The molecule has 0 aromatic carbocycles. The minimum atomic E-state index is 0.0536. The van der Waals surface area contributed by atoms with E-state index in [4.69, 9.17) is 9.47 Å². The van der Waals surface area contributed by atoms with Crippen molar-refractivity contribution in [3.63, 3.8) is 0 Å². The lowest BCUT2D eigenvalue weighted by atomic mass is 9.99. The first-order chi connectivity index (χ1) is 13.8. The highest BCUT2D eigenvalue weighted by atomic mass is 32.1. The fourth-order valence-electron chi connectivity index (χ4n) is 3.92. The Bertz CT molecular complexity index is 727. The van der Waals surface area contributed by atoms with Gasteiger partial charge < -0.3 is 14.4 Å². The molecule has 0 atom stereocenters. The van der Waals surface area contributed by atoms with Crippen LogP contribution in [0.2, 0.25) is 0 Å². The molecule has 2 saturated heterocycles. The summed E-state index contributed by atoms with van der Waals surface area (Å²) in [4.78, 5) is 25.1. The molecule has 150 valence electrons. The average Bonchev–Trinajstić information content (AvgIpc) is 3.26. The molecule has 0 unspecified atom stereocenters. The summed E-state index contributed by atoms with van der Waals surface area (Å²) in [7, 11) is 0. The number of likely N-dealkylation sites (tertiary alicyclic amines) is 2. The molecule has 4 rings (SSSR count). The standard InChI is InChI=1S/C20H26N4O3S/c25-19(15-26-18-2-1-7-21-14-18)24-9-3-16(4-10-24)23-11-5-17(6-12-23)27-20-22-8-13-28-20/h1-2,7-8,13-14,16-17H,3-6,9-12,15H2. The Morgan fingerprint density at radius 2 is 1.96 bits per heavy atom. The Morgan fingerprint density at radius 3 is 2.64 bits per heavy atom. The first-order valence-electron chi connectivity index (χ1n) is 9.89. The summed E-state index contributed by atoms with van der Waals surface area (Å²) in [5, 5.41) is 2.72. The molecule has 0 radical (unpaired) electrons. The number of pyridine rings is 1. The number of ether oxygens (including phenoxy) is 2. The topological polar surface area (TPSA) is 67.8 Å². The van der Waals surface area contributed by atoms with E-state index in [1.165, 1.54) is 0 Å². The van der Waals surface area contributed by atoms with Crippen molar-refractivity contribution in [3.8, 4) is 10.9 Å². The second-order valence-corrected chi connectivity index (χ2v) is 8.10. The molecular formula is C20H26N4O3S. The molecule has 28 heavy (non-hydrogen) atoms. The van der Waals surface area contributed by atoms with E-state index in [2.05, 4.69) is 14.9 Å². The molecule has 2 aliphatic rings. The number of nitrogens with zero attached hydrogens (tertiary/aromatic N) is 4. The lowest BCUT2D eigenvalue weighted by molar-refractivity contribution is -0.135. The van der Waals surface area contributed by atoms with Gasteiger partial charge in [-0.15, -0.1) is 0 Å². The summed E-state index contributed by atoms with van der Waals surface area (Å²) in [5.74, 6) is 0.687. The van der Waals surface area contributed by atoms with Crippen molar-refractivity contribution in [2.24, 2.45) is 0 Å². The van der Waals surface area contributed by atoms with E-state index in [0.29, 0.717) is 11.8 Å². The maximum Gasteiger partial charge on any atom is 0.273 e. The monoisotopic (exact) mass is 402 g/mol. The molecule has 0 N–H and O–H groups in total. The van der Waals surface area contributed by atoms with Crippen LogP contribution in [0.3, 0.4) is 0 Å². The van der Waals surface area contributed by atoms with Gasteiger partial charge in [-0.05, 0) is 37.8 Å². The third kappa shape index (κ3) is 4.99. The molecule has 0 saturated carbocycles. The number of hydrogen-bond donors (Lipinski definition) is 0. The van der Waals surface area contributed by atoms with Crippen LogP contribution in [0.25, 0.3) is 0 Å². The van der Waals surface area contributed by atoms with E-state index in [1.807, 2.05) is 16.3 Å². The van der Waals surface area contributed by atoms with Crippen molar-refractivity contribution >= 4 is 17.2 Å². The number of carbonyl (C=O) groups excluding carboxylic acids is 1. The van der Waals surface area contributed by atoms with Crippen LogP contribution in [0.1, 0.15) is 25.7 Å². The number of amides is 1. The van der Waals surface area contributed by atoms with Crippen LogP contribution in [0, 0.1) is 0 Å². The van der Waals surface area contributed by atoms with E-state index in [0.717, 1.165) is 57.1 Å². The zero-order chi connectivity index (χ0) is 19.2. The number of aromatic nitrogens is 2. The smallest absolute Gasteiger partial charge is 0.273 e. The minimum absolute atomic E-state index is 0.0536. The fourth-order valence-corrected chi connectivity index (χ4v) is 4.47. The predicted octanol–water partition coefficient (Wildman–Crippen LogP) is 2.45. The van der Waals surface area contributed by atoms with Gasteiger partial charge in [-0.2, -0.15) is 0 Å². The highest BCUT2D eigenvalue weighted by Gasteiger charge is 2.30. The van der Waals surface area contributed by atoms with E-state index < -0.39 is 0 Å². The van der Waals surface area contributed by atoms with Gasteiger partial charge in [0.05, 0.1) is 6.20 Å². The van der Waals surface area contributed by atoms with Gasteiger partial charge in [0, 0.05) is 50.0 Å². The number of piperidine rings is 2. The van der Waals surface area contributed by atoms with Crippen LogP contribution in [-0.2, 0) is 4.79 Å². The molecule has 4 heterocycles. The van der Waals surface area contributed by atoms with E-state index in [-0.39, 0.29) is 18.6 Å². The van der Waals surface area contributed by atoms with Crippen molar-refractivity contribution in [1.29, 1.82) is 0 Å². The van der Waals surface area contributed by atoms with Gasteiger partial charge in [0.25, 0.3) is 11.1 Å². The van der Waals surface area contributed by atoms with Gasteiger partial charge in [0.15, 0.2) is 6.61 Å². The molecule has 0 spiro atoms. The molecule has 1 amide bonds. The summed E-state index contributed by atoms with van der Waals surface area (Å²) in [6.07, 6.45) is 9.50. The van der Waals surface area contributed by atoms with Gasteiger partial charge in [-0.3, -0.25) is 14.7 Å². The Kier molecular flexibility index (Phi) is 6.38. The van der Waals surface area contributed by atoms with Crippen LogP contribution in [0.5, 0.6) is 10.9 Å². The van der Waals surface area contributed by atoms with Gasteiger partial charge in [-0.1, -0.05) is 11.3 Å². The molecule has 2 fully saturated rings. The summed E-state index contributed by atoms with van der Waals surface area (Å²) in [6, 6.07) is 4.18. The zero-order valence-corrected chi connectivity index (χ0v) is 16.7. The largest absolute Gasteiger partial charge is 0.482 e. The first-order valence-corrected chi connectivity index (χ1v) is 10.8. The minimum Gasteiger partial charge on any atom is -0.482 e. The molecule has 2 aliphatic heterocycles. The van der Waals surface area contributed by atoms with Crippen molar-refractivity contribution < 1.29 is 14.3 Å². The van der Waals surface area contributed by atoms with Gasteiger partial charge in [0.1, 0.15) is 11.9 Å². The van der Waals surface area contributed by atoms with Crippen LogP contribution < -0.4 is 9.47 Å². The molecule has 2 aromatic heterocycles. The van der Waals surface area contributed by atoms with Crippen molar-refractivity contribution in [1.82, 2.24) is 19.8 Å². The van der Waals surface area contributed by atoms with Crippen molar-refractivity contribution in [3.05, 3.63) is 36.1 Å².